The van der Waals surface area contributed by atoms with Gasteiger partial charge in [-0.15, -0.1) is 0 Å². The Kier molecular flexibility index (Phi) is 4.84. The van der Waals surface area contributed by atoms with Crippen molar-refractivity contribution in [1.29, 1.82) is 0 Å². The van der Waals surface area contributed by atoms with Gasteiger partial charge in [0.1, 0.15) is 12.4 Å². The number of hydrogen-bond donors (Lipinski definition) is 1. The number of ether oxygens (including phenoxy) is 2. The average molecular weight is 250 g/mol. The van der Waals surface area contributed by atoms with Crippen molar-refractivity contribution >= 4 is 5.69 Å². The smallest absolute Gasteiger partial charge is 0.142 e. The van der Waals surface area contributed by atoms with E-state index in [4.69, 9.17) is 9.47 Å². The van der Waals surface area contributed by atoms with Crippen LogP contribution in [0, 0.1) is 0 Å². The highest BCUT2D eigenvalue weighted by Gasteiger charge is 2.20. The molecule has 1 unspecified atom stereocenters. The van der Waals surface area contributed by atoms with Crippen molar-refractivity contribution in [3.8, 4) is 5.75 Å². The van der Waals surface area contributed by atoms with E-state index in [0.29, 0.717) is 19.3 Å². The van der Waals surface area contributed by atoms with Gasteiger partial charge in [-0.25, -0.2) is 0 Å². The molecule has 0 aromatic heterocycles. The summed E-state index contributed by atoms with van der Waals surface area (Å²) in [5.41, 5.74) is 1.18. The van der Waals surface area contributed by atoms with Crippen LogP contribution >= 0.6 is 0 Å². The van der Waals surface area contributed by atoms with Crippen LogP contribution in [0.1, 0.15) is 6.92 Å². The zero-order chi connectivity index (χ0) is 12.8. The molecule has 1 fully saturated rings. The summed E-state index contributed by atoms with van der Waals surface area (Å²) in [5.74, 6) is 0.948. The molecule has 1 heterocycles. The number of rotatable bonds is 5. The van der Waals surface area contributed by atoms with Gasteiger partial charge in [-0.3, -0.25) is 0 Å². The van der Waals surface area contributed by atoms with Crippen LogP contribution in [0.5, 0.6) is 5.75 Å². The number of nitrogens with zero attached hydrogens (tertiary/aromatic N) is 1. The van der Waals surface area contributed by atoms with Crippen molar-refractivity contribution in [3.63, 3.8) is 0 Å². The summed E-state index contributed by atoms with van der Waals surface area (Å²) in [5, 5.41) is 3.40. The third-order valence-electron chi connectivity index (χ3n) is 3.22. The van der Waals surface area contributed by atoms with Gasteiger partial charge in [-0.05, 0) is 19.1 Å². The maximum absolute atomic E-state index is 5.79. The average Bonchev–Trinajstić information content (AvgIpc) is 2.40. The first-order valence-electron chi connectivity index (χ1n) is 6.51. The van der Waals surface area contributed by atoms with E-state index in [1.807, 2.05) is 12.1 Å². The molecule has 100 valence electrons. The molecule has 0 spiro atoms. The van der Waals surface area contributed by atoms with Gasteiger partial charge >= 0.3 is 0 Å². The van der Waals surface area contributed by atoms with Crippen molar-refractivity contribution in [2.24, 2.45) is 0 Å². The van der Waals surface area contributed by atoms with E-state index in [1.54, 1.807) is 7.11 Å². The number of piperazine rings is 1. The molecule has 1 saturated heterocycles. The fourth-order valence-electron chi connectivity index (χ4n) is 2.25. The van der Waals surface area contributed by atoms with Crippen molar-refractivity contribution in [2.45, 2.75) is 13.0 Å². The molecule has 2 rings (SSSR count). The first-order chi connectivity index (χ1) is 8.83. The fourth-order valence-corrected chi connectivity index (χ4v) is 2.25. The van der Waals surface area contributed by atoms with Crippen molar-refractivity contribution in [3.05, 3.63) is 24.3 Å². The van der Waals surface area contributed by atoms with Gasteiger partial charge in [0.05, 0.1) is 12.3 Å². The SMILES string of the molecule is COCCOc1ccccc1N1CCNCC1C. The molecule has 4 heteroatoms. The Hall–Kier alpha value is -1.26. The zero-order valence-corrected chi connectivity index (χ0v) is 11.2. The summed E-state index contributed by atoms with van der Waals surface area (Å²) in [4.78, 5) is 2.40. The van der Waals surface area contributed by atoms with Gasteiger partial charge in [0.2, 0.25) is 0 Å². The van der Waals surface area contributed by atoms with E-state index in [9.17, 15) is 0 Å². The standard InChI is InChI=1S/C14H22N2O2/c1-12-11-15-7-8-16(12)13-5-3-4-6-14(13)18-10-9-17-2/h3-6,12,15H,7-11H2,1-2H3. The highest BCUT2D eigenvalue weighted by molar-refractivity contribution is 5.59. The van der Waals surface area contributed by atoms with Crippen LogP contribution in [0.25, 0.3) is 0 Å². The van der Waals surface area contributed by atoms with Crippen LogP contribution in [-0.4, -0.2) is 46.0 Å². The molecule has 1 atom stereocenters. The Morgan fingerprint density at radius 3 is 2.94 bits per heavy atom. The van der Waals surface area contributed by atoms with Gasteiger partial charge in [0, 0.05) is 32.8 Å². The van der Waals surface area contributed by atoms with Crippen molar-refractivity contribution < 1.29 is 9.47 Å². The quantitative estimate of drug-likeness (QED) is 0.803. The molecule has 18 heavy (non-hydrogen) atoms. The number of para-hydroxylation sites is 2. The summed E-state index contributed by atoms with van der Waals surface area (Å²) in [7, 11) is 1.69. The molecule has 1 aromatic rings. The summed E-state index contributed by atoms with van der Waals surface area (Å²) in [6, 6.07) is 8.72. The third-order valence-corrected chi connectivity index (χ3v) is 3.22. The van der Waals surface area contributed by atoms with Gasteiger partial charge in [0.25, 0.3) is 0 Å². The summed E-state index contributed by atoms with van der Waals surface area (Å²) in [6.45, 7) is 6.51. The van der Waals surface area contributed by atoms with Gasteiger partial charge in [-0.2, -0.15) is 0 Å². The number of nitrogens with one attached hydrogen (secondary N) is 1. The molecular formula is C14H22N2O2. The molecule has 0 radical (unpaired) electrons. The Balaban J connectivity index is 2.10. The Morgan fingerprint density at radius 2 is 2.17 bits per heavy atom. The molecule has 1 aliphatic heterocycles. The molecule has 1 aliphatic rings. The molecule has 1 N–H and O–H groups in total. The number of hydrogen-bond acceptors (Lipinski definition) is 4. The van der Waals surface area contributed by atoms with Crippen LogP contribution in [0.15, 0.2) is 24.3 Å². The number of anilines is 1. The normalized spacial score (nSPS) is 19.9. The molecule has 0 amide bonds. The lowest BCUT2D eigenvalue weighted by Crippen LogP contribution is -2.50. The Morgan fingerprint density at radius 1 is 1.33 bits per heavy atom. The van der Waals surface area contributed by atoms with Crippen molar-refractivity contribution in [1.82, 2.24) is 5.32 Å². The first kappa shape index (κ1) is 13.2. The molecule has 0 bridgehead atoms. The molecule has 0 saturated carbocycles. The predicted molar refractivity (Wildman–Crippen MR) is 73.5 cm³/mol. The summed E-state index contributed by atoms with van der Waals surface area (Å²) >= 11 is 0. The molecule has 0 aliphatic carbocycles. The van der Waals surface area contributed by atoms with Crippen LogP contribution < -0.4 is 15.0 Å². The highest BCUT2D eigenvalue weighted by Crippen LogP contribution is 2.29. The largest absolute Gasteiger partial charge is 0.489 e. The fraction of sp³-hybridized carbons (Fsp3) is 0.571. The van der Waals surface area contributed by atoms with Crippen LogP contribution in [0.4, 0.5) is 5.69 Å². The van der Waals surface area contributed by atoms with E-state index in [1.165, 1.54) is 5.69 Å². The van der Waals surface area contributed by atoms with Gasteiger partial charge in [-0.1, -0.05) is 12.1 Å². The predicted octanol–water partition coefficient (Wildman–Crippen LogP) is 1.51. The second kappa shape index (κ2) is 6.61. The minimum atomic E-state index is 0.492. The lowest BCUT2D eigenvalue weighted by atomic mass is 10.1. The highest BCUT2D eigenvalue weighted by atomic mass is 16.5. The molecular weight excluding hydrogens is 228 g/mol. The monoisotopic (exact) mass is 250 g/mol. The third kappa shape index (κ3) is 3.15. The summed E-state index contributed by atoms with van der Waals surface area (Å²) in [6.07, 6.45) is 0. The Bertz CT molecular complexity index is 371. The maximum atomic E-state index is 5.79. The van der Waals surface area contributed by atoms with E-state index in [0.717, 1.165) is 25.4 Å². The summed E-state index contributed by atoms with van der Waals surface area (Å²) < 4.78 is 10.8. The second-order valence-electron chi connectivity index (χ2n) is 4.56. The molecule has 1 aromatic carbocycles. The number of benzene rings is 1. The second-order valence-corrected chi connectivity index (χ2v) is 4.56. The van der Waals surface area contributed by atoms with E-state index in [-0.39, 0.29) is 0 Å². The zero-order valence-electron chi connectivity index (χ0n) is 11.2. The lowest BCUT2D eigenvalue weighted by molar-refractivity contribution is 0.146. The van der Waals surface area contributed by atoms with E-state index >= 15 is 0 Å². The molecule has 4 nitrogen and oxygen atoms in total. The van der Waals surface area contributed by atoms with Crippen LogP contribution in [0.3, 0.4) is 0 Å². The van der Waals surface area contributed by atoms with E-state index < -0.39 is 0 Å². The van der Waals surface area contributed by atoms with Crippen LogP contribution in [0.2, 0.25) is 0 Å². The minimum Gasteiger partial charge on any atom is -0.489 e. The van der Waals surface area contributed by atoms with Gasteiger partial charge < -0.3 is 19.7 Å². The van der Waals surface area contributed by atoms with Gasteiger partial charge in [0.15, 0.2) is 0 Å². The lowest BCUT2D eigenvalue weighted by Gasteiger charge is -2.36. The Labute approximate surface area is 109 Å². The van der Waals surface area contributed by atoms with E-state index in [2.05, 4.69) is 29.3 Å². The number of methoxy groups -OCH3 is 1. The maximum Gasteiger partial charge on any atom is 0.142 e. The minimum absolute atomic E-state index is 0.492. The van der Waals surface area contributed by atoms with Crippen LogP contribution in [-0.2, 0) is 4.74 Å². The first-order valence-corrected chi connectivity index (χ1v) is 6.51. The topological polar surface area (TPSA) is 33.7 Å². The van der Waals surface area contributed by atoms with Crippen molar-refractivity contribution in [2.75, 3.05) is 44.9 Å².